The minimum absolute atomic E-state index is 0.0454. The van der Waals surface area contributed by atoms with E-state index in [0.29, 0.717) is 18.4 Å². The molecule has 0 radical (unpaired) electrons. The molecular weight excluding hydrogens is 455 g/mol. The first-order chi connectivity index (χ1) is 16.8. The first-order valence-corrected chi connectivity index (χ1v) is 13.5. The molecule has 1 aromatic rings. The minimum atomic E-state index is -4.36. The SMILES string of the molecule is O=C(O)CC1CCC(N(CCC2CCCCO2)CC2CCCC2)C(c2ccc(C(F)(F)F)cc2)C1. The van der Waals surface area contributed by atoms with E-state index in [-0.39, 0.29) is 24.3 Å². The number of aliphatic carboxylic acids is 1. The van der Waals surface area contributed by atoms with E-state index in [1.165, 1.54) is 44.2 Å². The van der Waals surface area contributed by atoms with Crippen LogP contribution in [0.1, 0.15) is 94.1 Å². The van der Waals surface area contributed by atoms with E-state index in [4.69, 9.17) is 4.74 Å². The normalized spacial score (nSPS) is 28.5. The molecule has 3 fully saturated rings. The summed E-state index contributed by atoms with van der Waals surface area (Å²) in [4.78, 5) is 14.0. The van der Waals surface area contributed by atoms with Gasteiger partial charge in [0, 0.05) is 32.2 Å². The van der Waals surface area contributed by atoms with Gasteiger partial charge in [-0.2, -0.15) is 13.2 Å². The van der Waals surface area contributed by atoms with Crippen molar-refractivity contribution in [2.75, 3.05) is 19.7 Å². The van der Waals surface area contributed by atoms with Gasteiger partial charge in [-0.05, 0) is 93.2 Å². The van der Waals surface area contributed by atoms with Crippen LogP contribution in [0.25, 0.3) is 0 Å². The molecule has 4 atom stereocenters. The zero-order chi connectivity index (χ0) is 24.8. The van der Waals surface area contributed by atoms with Crippen LogP contribution in [0.2, 0.25) is 0 Å². The monoisotopic (exact) mass is 495 g/mol. The highest BCUT2D eigenvalue weighted by atomic mass is 19.4. The number of alkyl halides is 3. The van der Waals surface area contributed by atoms with Gasteiger partial charge >= 0.3 is 12.1 Å². The Bertz CT molecular complexity index is 801. The summed E-state index contributed by atoms with van der Waals surface area (Å²) in [5.74, 6) is -0.0146. The summed E-state index contributed by atoms with van der Waals surface area (Å²) >= 11 is 0. The Morgan fingerprint density at radius 2 is 1.69 bits per heavy atom. The first kappa shape index (κ1) is 26.5. The molecule has 1 aliphatic heterocycles. The lowest BCUT2D eigenvalue weighted by atomic mass is 9.72. The Labute approximate surface area is 207 Å². The van der Waals surface area contributed by atoms with E-state index >= 15 is 0 Å². The molecule has 4 unspecified atom stereocenters. The lowest BCUT2D eigenvalue weighted by molar-refractivity contribution is -0.139. The number of benzene rings is 1. The number of carbonyl (C=O) groups is 1. The summed E-state index contributed by atoms with van der Waals surface area (Å²) in [6.45, 7) is 2.80. The molecule has 4 rings (SSSR count). The minimum Gasteiger partial charge on any atom is -0.481 e. The molecular formula is C28H40F3NO3. The quantitative estimate of drug-likeness (QED) is 0.406. The van der Waals surface area contributed by atoms with Crippen LogP contribution < -0.4 is 0 Å². The summed E-state index contributed by atoms with van der Waals surface area (Å²) in [5, 5.41) is 9.39. The second-order valence-corrected chi connectivity index (χ2v) is 11.0. The van der Waals surface area contributed by atoms with Crippen molar-refractivity contribution in [1.82, 2.24) is 4.90 Å². The molecule has 1 aromatic carbocycles. The van der Waals surface area contributed by atoms with Gasteiger partial charge in [-0.25, -0.2) is 0 Å². The van der Waals surface area contributed by atoms with Crippen molar-refractivity contribution < 1.29 is 27.8 Å². The van der Waals surface area contributed by atoms with E-state index in [1.54, 1.807) is 12.1 Å². The molecule has 4 nitrogen and oxygen atoms in total. The van der Waals surface area contributed by atoms with Gasteiger partial charge in [0.25, 0.3) is 0 Å². The number of hydrogen-bond donors (Lipinski definition) is 1. The molecule has 196 valence electrons. The van der Waals surface area contributed by atoms with Crippen LogP contribution in [0.4, 0.5) is 13.2 Å². The molecule has 2 saturated carbocycles. The molecule has 0 spiro atoms. The second-order valence-electron chi connectivity index (χ2n) is 11.0. The van der Waals surface area contributed by atoms with Crippen LogP contribution >= 0.6 is 0 Å². The average Bonchev–Trinajstić information content (AvgIpc) is 3.35. The van der Waals surface area contributed by atoms with E-state index in [0.717, 1.165) is 57.4 Å². The largest absolute Gasteiger partial charge is 0.481 e. The summed E-state index contributed by atoms with van der Waals surface area (Å²) in [6.07, 6.45) is 8.00. The molecule has 35 heavy (non-hydrogen) atoms. The first-order valence-electron chi connectivity index (χ1n) is 13.5. The van der Waals surface area contributed by atoms with E-state index in [9.17, 15) is 23.1 Å². The molecule has 3 aliphatic rings. The molecule has 1 N–H and O–H groups in total. The van der Waals surface area contributed by atoms with Crippen molar-refractivity contribution in [2.24, 2.45) is 11.8 Å². The lowest BCUT2D eigenvalue weighted by Crippen LogP contribution is -2.46. The van der Waals surface area contributed by atoms with Gasteiger partial charge in [-0.3, -0.25) is 9.69 Å². The van der Waals surface area contributed by atoms with Crippen molar-refractivity contribution in [1.29, 1.82) is 0 Å². The number of carboxylic acid groups (broad SMARTS) is 1. The van der Waals surface area contributed by atoms with Crippen molar-refractivity contribution in [2.45, 2.75) is 101 Å². The van der Waals surface area contributed by atoms with Gasteiger partial charge in [0.05, 0.1) is 11.7 Å². The van der Waals surface area contributed by atoms with Gasteiger partial charge in [0.2, 0.25) is 0 Å². The Balaban J connectivity index is 1.55. The molecule has 0 amide bonds. The smallest absolute Gasteiger partial charge is 0.416 e. The standard InChI is InChI=1S/C28H40F3NO3/c29-28(30,31)23-11-9-22(10-12-23)25-17-21(18-27(33)34)8-13-26(25)32(19-20-5-1-2-6-20)15-14-24-7-3-4-16-35-24/h9-12,20-21,24-26H,1-8,13-19H2,(H,33,34). The third-order valence-electron chi connectivity index (χ3n) is 8.50. The lowest BCUT2D eigenvalue weighted by Gasteiger charge is -2.44. The summed E-state index contributed by atoms with van der Waals surface area (Å²) in [7, 11) is 0. The maximum atomic E-state index is 13.2. The molecule has 0 bridgehead atoms. The number of rotatable bonds is 9. The molecule has 7 heteroatoms. The number of ether oxygens (including phenoxy) is 1. The zero-order valence-corrected chi connectivity index (χ0v) is 20.6. The summed E-state index contributed by atoms with van der Waals surface area (Å²) in [6, 6.07) is 5.85. The Kier molecular flexibility index (Phi) is 9.14. The number of hydrogen-bond acceptors (Lipinski definition) is 3. The predicted molar refractivity (Wildman–Crippen MR) is 129 cm³/mol. The Morgan fingerprint density at radius 1 is 0.971 bits per heavy atom. The van der Waals surface area contributed by atoms with Gasteiger partial charge < -0.3 is 9.84 Å². The molecule has 1 saturated heterocycles. The Morgan fingerprint density at radius 3 is 2.31 bits per heavy atom. The second kappa shape index (κ2) is 12.1. The van der Waals surface area contributed by atoms with Gasteiger partial charge in [0.1, 0.15) is 0 Å². The van der Waals surface area contributed by atoms with E-state index in [1.807, 2.05) is 0 Å². The summed E-state index contributed by atoms with van der Waals surface area (Å²) in [5.41, 5.74) is 0.274. The molecule has 1 heterocycles. The van der Waals surface area contributed by atoms with Crippen LogP contribution in [-0.4, -0.2) is 47.8 Å². The summed E-state index contributed by atoms with van der Waals surface area (Å²) < 4.78 is 45.6. The highest BCUT2D eigenvalue weighted by molar-refractivity contribution is 5.67. The molecule has 0 aromatic heterocycles. The van der Waals surface area contributed by atoms with Crippen LogP contribution in [0.5, 0.6) is 0 Å². The fraction of sp³-hybridized carbons (Fsp3) is 0.750. The fourth-order valence-electron chi connectivity index (χ4n) is 6.65. The number of carboxylic acids is 1. The van der Waals surface area contributed by atoms with Gasteiger partial charge in [-0.1, -0.05) is 25.0 Å². The van der Waals surface area contributed by atoms with Crippen molar-refractivity contribution in [3.63, 3.8) is 0 Å². The van der Waals surface area contributed by atoms with Crippen LogP contribution in [-0.2, 0) is 15.7 Å². The van der Waals surface area contributed by atoms with Crippen LogP contribution in [0.3, 0.4) is 0 Å². The fourth-order valence-corrected chi connectivity index (χ4v) is 6.65. The average molecular weight is 496 g/mol. The third-order valence-corrected chi connectivity index (χ3v) is 8.50. The number of halogens is 3. The van der Waals surface area contributed by atoms with Crippen molar-refractivity contribution >= 4 is 5.97 Å². The van der Waals surface area contributed by atoms with Crippen molar-refractivity contribution in [3.05, 3.63) is 35.4 Å². The topological polar surface area (TPSA) is 49.8 Å². The predicted octanol–water partition coefficient (Wildman–Crippen LogP) is 6.88. The van der Waals surface area contributed by atoms with E-state index < -0.39 is 17.7 Å². The highest BCUT2D eigenvalue weighted by Gasteiger charge is 2.38. The van der Waals surface area contributed by atoms with Gasteiger partial charge in [0.15, 0.2) is 0 Å². The maximum Gasteiger partial charge on any atom is 0.416 e. The van der Waals surface area contributed by atoms with E-state index in [2.05, 4.69) is 4.90 Å². The van der Waals surface area contributed by atoms with Crippen LogP contribution in [0.15, 0.2) is 24.3 Å². The number of nitrogens with zero attached hydrogens (tertiary/aromatic N) is 1. The third kappa shape index (κ3) is 7.45. The maximum absolute atomic E-state index is 13.2. The van der Waals surface area contributed by atoms with Gasteiger partial charge in [-0.15, -0.1) is 0 Å². The molecule has 2 aliphatic carbocycles. The van der Waals surface area contributed by atoms with Crippen LogP contribution in [0, 0.1) is 11.8 Å². The Hall–Kier alpha value is -1.60. The zero-order valence-electron chi connectivity index (χ0n) is 20.6. The highest BCUT2D eigenvalue weighted by Crippen LogP contribution is 2.42. The van der Waals surface area contributed by atoms with Crippen molar-refractivity contribution in [3.8, 4) is 0 Å².